The van der Waals surface area contributed by atoms with Crippen molar-refractivity contribution in [3.63, 3.8) is 0 Å². The second-order valence-electron chi connectivity index (χ2n) is 7.90. The highest BCUT2D eigenvalue weighted by atomic mass is 32.2. The molecule has 0 spiro atoms. The molecule has 0 radical (unpaired) electrons. The lowest BCUT2D eigenvalue weighted by molar-refractivity contribution is 0.0730. The molecule has 13 heteroatoms. The van der Waals surface area contributed by atoms with Gasteiger partial charge in [0.05, 0.1) is 18.1 Å². The summed E-state index contributed by atoms with van der Waals surface area (Å²) >= 11 is 0. The van der Waals surface area contributed by atoms with Gasteiger partial charge in [-0.05, 0) is 24.3 Å². The van der Waals surface area contributed by atoms with Crippen molar-refractivity contribution < 1.29 is 17.9 Å². The molecule has 0 atom stereocenters. The summed E-state index contributed by atoms with van der Waals surface area (Å²) in [5.41, 5.74) is 1.75. The average Bonchev–Trinajstić information content (AvgIpc) is 3.25. The van der Waals surface area contributed by atoms with E-state index < -0.39 is 10.0 Å². The summed E-state index contributed by atoms with van der Waals surface area (Å²) in [7, 11) is -1.81. The van der Waals surface area contributed by atoms with Gasteiger partial charge in [0.15, 0.2) is 17.0 Å². The lowest BCUT2D eigenvalue weighted by Crippen LogP contribution is -2.49. The molecule has 3 aromatic rings. The number of hydrogen-bond acceptors (Lipinski definition) is 9. The summed E-state index contributed by atoms with van der Waals surface area (Å²) in [6.45, 7) is 3.66. The third-order valence-corrected chi connectivity index (χ3v) is 7.86. The molecule has 2 saturated heterocycles. The van der Waals surface area contributed by atoms with Gasteiger partial charge in [0.25, 0.3) is 5.91 Å². The summed E-state index contributed by atoms with van der Waals surface area (Å²) in [6.07, 6.45) is 1.49. The number of benzene rings is 1. The van der Waals surface area contributed by atoms with Crippen LogP contribution >= 0.6 is 0 Å². The molecule has 1 amide bonds. The van der Waals surface area contributed by atoms with Crippen LogP contribution in [0.5, 0.6) is 0 Å². The predicted molar refractivity (Wildman–Crippen MR) is 118 cm³/mol. The highest BCUT2D eigenvalue weighted by Gasteiger charge is 2.28. The van der Waals surface area contributed by atoms with Gasteiger partial charge in [0, 0.05) is 51.9 Å². The second kappa shape index (κ2) is 8.65. The largest absolute Gasteiger partial charge is 0.379 e. The third kappa shape index (κ3) is 4.03. The molecule has 33 heavy (non-hydrogen) atoms. The van der Waals surface area contributed by atoms with Crippen LogP contribution in [0.15, 0.2) is 35.5 Å². The van der Waals surface area contributed by atoms with Crippen LogP contribution in [0.1, 0.15) is 10.4 Å². The number of ether oxygens (including phenoxy) is 1. The number of anilines is 1. The number of carbonyl (C=O) groups is 1. The van der Waals surface area contributed by atoms with Gasteiger partial charge >= 0.3 is 0 Å². The Morgan fingerprint density at radius 2 is 1.67 bits per heavy atom. The topological polar surface area (TPSA) is 127 Å². The van der Waals surface area contributed by atoms with Crippen LogP contribution in [0.2, 0.25) is 0 Å². The molecule has 2 aliphatic heterocycles. The van der Waals surface area contributed by atoms with E-state index in [1.165, 1.54) is 22.8 Å². The number of carbonyl (C=O) groups excluding carboxylic acids is 1. The predicted octanol–water partition coefficient (Wildman–Crippen LogP) is -0.258. The smallest absolute Gasteiger partial charge is 0.253 e. The summed E-state index contributed by atoms with van der Waals surface area (Å²) in [5, 5.41) is 8.17. The highest BCUT2D eigenvalue weighted by Crippen LogP contribution is 2.22. The van der Waals surface area contributed by atoms with E-state index in [-0.39, 0.29) is 10.8 Å². The van der Waals surface area contributed by atoms with E-state index in [1.54, 1.807) is 28.8 Å². The van der Waals surface area contributed by atoms with Gasteiger partial charge in [-0.15, -0.1) is 5.10 Å². The van der Waals surface area contributed by atoms with Crippen LogP contribution in [0, 0.1) is 0 Å². The maximum atomic E-state index is 13.0. The monoisotopic (exact) mass is 472 g/mol. The number of sulfonamides is 1. The molecular formula is C20H24N8O4S. The van der Waals surface area contributed by atoms with Crippen LogP contribution < -0.4 is 4.90 Å². The quantitative estimate of drug-likeness (QED) is 0.505. The van der Waals surface area contributed by atoms with Crippen LogP contribution in [0.25, 0.3) is 11.2 Å². The fourth-order valence-electron chi connectivity index (χ4n) is 4.08. The van der Waals surface area contributed by atoms with Gasteiger partial charge in [-0.3, -0.25) is 4.79 Å². The van der Waals surface area contributed by atoms with E-state index in [0.717, 1.165) is 0 Å². The second-order valence-corrected chi connectivity index (χ2v) is 9.84. The maximum Gasteiger partial charge on any atom is 0.253 e. The number of piperazine rings is 1. The number of aryl methyl sites for hydroxylation is 1. The fraction of sp³-hybridized carbons (Fsp3) is 0.450. The van der Waals surface area contributed by atoms with Crippen molar-refractivity contribution in [1.82, 2.24) is 34.2 Å². The van der Waals surface area contributed by atoms with E-state index in [4.69, 9.17) is 4.74 Å². The van der Waals surface area contributed by atoms with Crippen molar-refractivity contribution >= 4 is 32.9 Å². The Bertz CT molecular complexity index is 1260. The molecule has 2 aliphatic rings. The standard InChI is InChI=1S/C20H24N8O4S/c1-25-18-17(23-24-25)19(22-14-21-18)26-6-8-27(9-7-26)20(29)15-2-4-16(5-3-15)33(30,31)28-10-12-32-13-11-28/h2-5,14H,6-13H2,1H3. The van der Waals surface area contributed by atoms with Gasteiger partial charge < -0.3 is 14.5 Å². The zero-order valence-electron chi connectivity index (χ0n) is 18.2. The Balaban J connectivity index is 1.25. The molecule has 2 aromatic heterocycles. The number of fused-ring (bicyclic) bond motifs is 1. The maximum absolute atomic E-state index is 13.0. The molecule has 5 rings (SSSR count). The lowest BCUT2D eigenvalue weighted by atomic mass is 10.2. The van der Waals surface area contributed by atoms with Crippen LogP contribution in [-0.2, 0) is 21.8 Å². The van der Waals surface area contributed by atoms with Gasteiger partial charge in [-0.25, -0.2) is 23.1 Å². The van der Waals surface area contributed by atoms with Crippen molar-refractivity contribution in [3.8, 4) is 0 Å². The minimum absolute atomic E-state index is 0.127. The first kappa shape index (κ1) is 21.7. The first-order valence-electron chi connectivity index (χ1n) is 10.7. The summed E-state index contributed by atoms with van der Waals surface area (Å²) in [4.78, 5) is 25.6. The Hall–Kier alpha value is -3.16. The number of nitrogens with zero attached hydrogens (tertiary/aromatic N) is 8. The molecule has 2 fully saturated rings. The first-order chi connectivity index (χ1) is 15.9. The Morgan fingerprint density at radius 3 is 2.36 bits per heavy atom. The Labute approximate surface area is 190 Å². The molecular weight excluding hydrogens is 448 g/mol. The number of hydrogen-bond donors (Lipinski definition) is 0. The number of aromatic nitrogens is 5. The van der Waals surface area contributed by atoms with Crippen molar-refractivity contribution in [2.24, 2.45) is 7.05 Å². The van der Waals surface area contributed by atoms with Crippen molar-refractivity contribution in [2.45, 2.75) is 4.90 Å². The van der Waals surface area contributed by atoms with Gasteiger partial charge in [0.2, 0.25) is 10.0 Å². The van der Waals surface area contributed by atoms with Crippen LogP contribution in [0.3, 0.4) is 0 Å². The molecule has 0 bridgehead atoms. The van der Waals surface area contributed by atoms with Gasteiger partial charge in [-0.2, -0.15) is 4.31 Å². The molecule has 0 N–H and O–H groups in total. The number of amides is 1. The third-order valence-electron chi connectivity index (χ3n) is 5.94. The van der Waals surface area contributed by atoms with Crippen LogP contribution in [0.4, 0.5) is 5.82 Å². The van der Waals surface area contributed by atoms with Crippen molar-refractivity contribution in [2.75, 3.05) is 57.4 Å². The minimum atomic E-state index is -3.59. The van der Waals surface area contributed by atoms with E-state index in [1.807, 2.05) is 0 Å². The SMILES string of the molecule is Cn1nnc2c(N3CCN(C(=O)c4ccc(S(=O)(=O)N5CCOCC5)cc4)CC3)ncnc21. The number of morpholine rings is 1. The number of rotatable bonds is 4. The normalized spacial score (nSPS) is 18.1. The molecule has 12 nitrogen and oxygen atoms in total. The van der Waals surface area contributed by atoms with Gasteiger partial charge in [-0.1, -0.05) is 5.21 Å². The zero-order chi connectivity index (χ0) is 23.0. The molecule has 1 aromatic carbocycles. The van der Waals surface area contributed by atoms with Crippen molar-refractivity contribution in [1.29, 1.82) is 0 Å². The Kier molecular flexibility index (Phi) is 5.68. The molecule has 4 heterocycles. The fourth-order valence-corrected chi connectivity index (χ4v) is 5.49. The summed E-state index contributed by atoms with van der Waals surface area (Å²) < 4.78 is 33.8. The van der Waals surface area contributed by atoms with E-state index in [2.05, 4.69) is 25.2 Å². The summed E-state index contributed by atoms with van der Waals surface area (Å²) in [5.74, 6) is 0.579. The minimum Gasteiger partial charge on any atom is -0.379 e. The molecule has 174 valence electrons. The molecule has 0 saturated carbocycles. The molecule has 0 unspecified atom stereocenters. The lowest BCUT2D eigenvalue weighted by Gasteiger charge is -2.35. The van der Waals surface area contributed by atoms with Crippen LogP contribution in [-0.4, -0.2) is 101 Å². The zero-order valence-corrected chi connectivity index (χ0v) is 19.0. The molecule has 0 aliphatic carbocycles. The van der Waals surface area contributed by atoms with E-state index in [0.29, 0.717) is 75.0 Å². The van der Waals surface area contributed by atoms with Gasteiger partial charge in [0.1, 0.15) is 6.33 Å². The summed E-state index contributed by atoms with van der Waals surface area (Å²) in [6, 6.07) is 6.16. The Morgan fingerprint density at radius 1 is 0.970 bits per heavy atom. The van der Waals surface area contributed by atoms with Crippen molar-refractivity contribution in [3.05, 3.63) is 36.2 Å². The van der Waals surface area contributed by atoms with E-state index >= 15 is 0 Å². The van der Waals surface area contributed by atoms with E-state index in [9.17, 15) is 13.2 Å². The highest BCUT2D eigenvalue weighted by molar-refractivity contribution is 7.89. The average molecular weight is 473 g/mol. The first-order valence-corrected chi connectivity index (χ1v) is 12.1.